The molecule has 3 rings (SSSR count). The third kappa shape index (κ3) is 4.40. The molecule has 0 spiro atoms. The van der Waals surface area contributed by atoms with Crippen LogP contribution in [0, 0.1) is 0 Å². The predicted octanol–water partition coefficient (Wildman–Crippen LogP) is 4.17. The fraction of sp³-hybridized carbons (Fsp3) is 0.200. The van der Waals surface area contributed by atoms with Crippen molar-refractivity contribution in [3.63, 3.8) is 0 Å². The highest BCUT2D eigenvalue weighted by molar-refractivity contribution is 7.80. The molecule has 1 atom stereocenters. The number of hydrogen-bond acceptors (Lipinski definition) is 3. The monoisotopic (exact) mass is 401 g/mol. The summed E-state index contributed by atoms with van der Waals surface area (Å²) in [7, 11) is 0. The van der Waals surface area contributed by atoms with Gasteiger partial charge >= 0.3 is 0 Å². The van der Waals surface area contributed by atoms with Crippen LogP contribution in [-0.4, -0.2) is 17.6 Å². The van der Waals surface area contributed by atoms with Gasteiger partial charge in [0.2, 0.25) is 0 Å². The van der Waals surface area contributed by atoms with E-state index in [1.165, 1.54) is 0 Å². The summed E-state index contributed by atoms with van der Waals surface area (Å²) in [5, 5.41) is 10.1. The average molecular weight is 402 g/mol. The number of amides is 1. The summed E-state index contributed by atoms with van der Waals surface area (Å²) in [5.74, 6) is 0.523. The second-order valence-electron chi connectivity index (χ2n) is 6.00. The first-order valence-electron chi connectivity index (χ1n) is 8.56. The molecule has 2 aromatic rings. The highest BCUT2D eigenvalue weighted by Gasteiger charge is 2.31. The first-order chi connectivity index (χ1) is 13.0. The van der Waals surface area contributed by atoms with Crippen LogP contribution < -0.4 is 20.7 Å². The fourth-order valence-electron chi connectivity index (χ4n) is 2.94. The zero-order valence-corrected chi connectivity index (χ0v) is 16.6. The predicted molar refractivity (Wildman–Crippen MR) is 112 cm³/mol. The molecular weight excluding hydrogens is 382 g/mol. The Bertz CT molecular complexity index is 896. The van der Waals surface area contributed by atoms with Gasteiger partial charge in [-0.2, -0.15) is 0 Å². The lowest BCUT2D eigenvalue weighted by Crippen LogP contribution is -2.45. The number of anilines is 1. The van der Waals surface area contributed by atoms with Crippen LogP contribution in [0.2, 0.25) is 5.02 Å². The molecule has 7 heteroatoms. The van der Waals surface area contributed by atoms with Gasteiger partial charge in [0.1, 0.15) is 5.75 Å². The van der Waals surface area contributed by atoms with Crippen molar-refractivity contribution in [2.24, 2.45) is 0 Å². The minimum atomic E-state index is -0.435. The average Bonchev–Trinajstić information content (AvgIpc) is 2.63. The van der Waals surface area contributed by atoms with Crippen molar-refractivity contribution in [2.75, 3.05) is 11.9 Å². The van der Waals surface area contributed by atoms with Crippen LogP contribution in [0.15, 0.2) is 59.8 Å². The number of thiocarbonyl (C=S) groups is 1. The van der Waals surface area contributed by atoms with E-state index in [0.29, 0.717) is 33.7 Å². The van der Waals surface area contributed by atoms with Crippen molar-refractivity contribution in [2.45, 2.75) is 19.9 Å². The van der Waals surface area contributed by atoms with Gasteiger partial charge < -0.3 is 20.7 Å². The van der Waals surface area contributed by atoms with E-state index in [-0.39, 0.29) is 5.91 Å². The summed E-state index contributed by atoms with van der Waals surface area (Å²) in [6.07, 6.45) is 0. The minimum absolute atomic E-state index is 0.232. The second kappa shape index (κ2) is 8.41. The number of hydrogen-bond donors (Lipinski definition) is 3. The van der Waals surface area contributed by atoms with Gasteiger partial charge in [-0.15, -0.1) is 0 Å². The van der Waals surface area contributed by atoms with Crippen LogP contribution in [0.25, 0.3) is 0 Å². The number of benzene rings is 2. The topological polar surface area (TPSA) is 62.4 Å². The number of carbonyl (C=O) groups is 1. The van der Waals surface area contributed by atoms with E-state index in [1.54, 1.807) is 18.2 Å². The SMILES string of the molecule is CCOc1ccc(NC(=O)C2=C(C)NC(=S)N[C@H]2c2ccccc2Cl)cc1. The number of halogens is 1. The molecule has 1 aliphatic heterocycles. The van der Waals surface area contributed by atoms with Gasteiger partial charge in [0.05, 0.1) is 18.2 Å². The maximum absolute atomic E-state index is 13.0. The number of carbonyl (C=O) groups excluding carboxylic acids is 1. The van der Waals surface area contributed by atoms with E-state index in [9.17, 15) is 4.79 Å². The molecule has 0 unspecified atom stereocenters. The zero-order chi connectivity index (χ0) is 19.4. The normalized spacial score (nSPS) is 16.4. The summed E-state index contributed by atoms with van der Waals surface area (Å²) < 4.78 is 5.43. The molecule has 0 fully saturated rings. The number of rotatable bonds is 5. The number of allylic oxidation sites excluding steroid dienone is 1. The van der Waals surface area contributed by atoms with Crippen LogP contribution >= 0.6 is 23.8 Å². The Hall–Kier alpha value is -2.57. The highest BCUT2D eigenvalue weighted by Crippen LogP contribution is 2.32. The largest absolute Gasteiger partial charge is 0.494 e. The Labute approximate surface area is 168 Å². The van der Waals surface area contributed by atoms with Crippen molar-refractivity contribution >= 4 is 40.5 Å². The Morgan fingerprint density at radius 2 is 1.93 bits per heavy atom. The van der Waals surface area contributed by atoms with E-state index >= 15 is 0 Å². The maximum Gasteiger partial charge on any atom is 0.255 e. The molecule has 0 saturated heterocycles. The lowest BCUT2D eigenvalue weighted by Gasteiger charge is -2.30. The molecule has 140 valence electrons. The Morgan fingerprint density at radius 1 is 1.22 bits per heavy atom. The molecule has 2 aromatic carbocycles. The van der Waals surface area contributed by atoms with Crippen LogP contribution in [0.4, 0.5) is 5.69 Å². The molecule has 1 heterocycles. The van der Waals surface area contributed by atoms with E-state index in [2.05, 4.69) is 16.0 Å². The summed E-state index contributed by atoms with van der Waals surface area (Å²) in [5.41, 5.74) is 2.69. The number of ether oxygens (including phenoxy) is 1. The molecule has 0 radical (unpaired) electrons. The van der Waals surface area contributed by atoms with Gasteiger partial charge in [0.15, 0.2) is 5.11 Å². The second-order valence-corrected chi connectivity index (χ2v) is 6.82. The quantitative estimate of drug-likeness (QED) is 0.656. The molecule has 1 amide bonds. The summed E-state index contributed by atoms with van der Waals surface area (Å²) >= 11 is 11.6. The van der Waals surface area contributed by atoms with Gasteiger partial charge in [0, 0.05) is 16.4 Å². The zero-order valence-electron chi connectivity index (χ0n) is 15.0. The smallest absolute Gasteiger partial charge is 0.255 e. The molecule has 3 N–H and O–H groups in total. The van der Waals surface area contributed by atoms with E-state index in [0.717, 1.165) is 11.3 Å². The first-order valence-corrected chi connectivity index (χ1v) is 9.35. The standard InChI is InChI=1S/C20H20ClN3O2S/c1-3-26-14-10-8-13(9-11-14)23-19(25)17-12(2)22-20(27)24-18(17)15-6-4-5-7-16(15)21/h4-11,18H,3H2,1-2H3,(H,23,25)(H2,22,24,27)/t18-/m0/s1. The molecule has 0 aromatic heterocycles. The molecule has 0 bridgehead atoms. The Kier molecular flexibility index (Phi) is 5.98. The third-order valence-electron chi connectivity index (χ3n) is 4.15. The highest BCUT2D eigenvalue weighted by atomic mass is 35.5. The van der Waals surface area contributed by atoms with E-state index < -0.39 is 6.04 Å². The van der Waals surface area contributed by atoms with Crippen molar-refractivity contribution in [1.29, 1.82) is 0 Å². The maximum atomic E-state index is 13.0. The van der Waals surface area contributed by atoms with E-state index in [1.807, 2.05) is 44.2 Å². The van der Waals surface area contributed by atoms with E-state index in [4.69, 9.17) is 28.6 Å². The lowest BCUT2D eigenvalue weighted by molar-refractivity contribution is -0.113. The van der Waals surface area contributed by atoms with Crippen LogP contribution in [0.3, 0.4) is 0 Å². The van der Waals surface area contributed by atoms with Gasteiger partial charge in [-0.1, -0.05) is 29.8 Å². The minimum Gasteiger partial charge on any atom is -0.494 e. The Balaban J connectivity index is 1.88. The summed E-state index contributed by atoms with van der Waals surface area (Å²) in [6.45, 7) is 4.34. The van der Waals surface area contributed by atoms with Gasteiger partial charge in [-0.05, 0) is 62.0 Å². The molecule has 5 nitrogen and oxygen atoms in total. The lowest BCUT2D eigenvalue weighted by atomic mass is 9.95. The molecule has 0 aliphatic carbocycles. The molecule has 1 aliphatic rings. The van der Waals surface area contributed by atoms with Gasteiger partial charge in [0.25, 0.3) is 5.91 Å². The summed E-state index contributed by atoms with van der Waals surface area (Å²) in [4.78, 5) is 13.0. The van der Waals surface area contributed by atoms with Crippen LogP contribution in [-0.2, 0) is 4.79 Å². The first kappa shape index (κ1) is 19.2. The van der Waals surface area contributed by atoms with Crippen molar-refractivity contribution in [1.82, 2.24) is 10.6 Å². The number of nitrogens with one attached hydrogen (secondary N) is 3. The Morgan fingerprint density at radius 3 is 2.59 bits per heavy atom. The third-order valence-corrected chi connectivity index (χ3v) is 4.72. The van der Waals surface area contributed by atoms with Gasteiger partial charge in [-0.25, -0.2) is 0 Å². The molecular formula is C20H20ClN3O2S. The molecule has 0 saturated carbocycles. The molecule has 27 heavy (non-hydrogen) atoms. The van der Waals surface area contributed by atoms with Crippen molar-refractivity contribution in [3.05, 3.63) is 70.4 Å². The van der Waals surface area contributed by atoms with Crippen molar-refractivity contribution in [3.8, 4) is 5.75 Å². The van der Waals surface area contributed by atoms with Crippen LogP contribution in [0.5, 0.6) is 5.75 Å². The van der Waals surface area contributed by atoms with Crippen molar-refractivity contribution < 1.29 is 9.53 Å². The fourth-order valence-corrected chi connectivity index (χ4v) is 3.45. The van der Waals surface area contributed by atoms with Crippen LogP contribution in [0.1, 0.15) is 25.5 Å². The summed E-state index contributed by atoms with van der Waals surface area (Å²) in [6, 6.07) is 14.2. The van der Waals surface area contributed by atoms with Gasteiger partial charge in [-0.3, -0.25) is 4.79 Å².